The number of benzene rings is 1. The molecular formula is C22H25N3O3. The molecule has 2 aromatic rings. The van der Waals surface area contributed by atoms with Gasteiger partial charge < -0.3 is 14.5 Å². The summed E-state index contributed by atoms with van der Waals surface area (Å²) in [6.45, 7) is 3.68. The minimum absolute atomic E-state index is 0.0456. The van der Waals surface area contributed by atoms with E-state index in [1.807, 2.05) is 48.2 Å². The molecule has 2 fully saturated rings. The molecule has 1 aromatic heterocycles. The highest BCUT2D eigenvalue weighted by atomic mass is 16.5. The first-order valence-corrected chi connectivity index (χ1v) is 9.82. The summed E-state index contributed by atoms with van der Waals surface area (Å²) in [6, 6.07) is 13.3. The van der Waals surface area contributed by atoms with Gasteiger partial charge in [-0.2, -0.15) is 0 Å². The molecule has 3 heterocycles. The summed E-state index contributed by atoms with van der Waals surface area (Å²) in [4.78, 5) is 34.3. The van der Waals surface area contributed by atoms with Crippen molar-refractivity contribution in [2.45, 2.75) is 31.8 Å². The average molecular weight is 379 g/mol. The predicted octanol–water partition coefficient (Wildman–Crippen LogP) is 2.82. The predicted molar refractivity (Wildman–Crippen MR) is 106 cm³/mol. The second-order valence-corrected chi connectivity index (χ2v) is 7.51. The number of ether oxygens (including phenoxy) is 1. The SMILES string of the molecule is Cc1ccc(C(=O)N2CCOC3(CCCCN(c4ccccc4)C3=O)C2)cn1. The number of rotatable bonds is 2. The van der Waals surface area contributed by atoms with Crippen LogP contribution in [0.5, 0.6) is 0 Å². The largest absolute Gasteiger partial charge is 0.361 e. The molecule has 0 bridgehead atoms. The zero-order valence-electron chi connectivity index (χ0n) is 16.1. The lowest BCUT2D eigenvalue weighted by Gasteiger charge is -2.42. The van der Waals surface area contributed by atoms with Gasteiger partial charge >= 0.3 is 0 Å². The molecule has 2 aliphatic heterocycles. The van der Waals surface area contributed by atoms with Crippen molar-refractivity contribution in [2.75, 3.05) is 31.1 Å². The molecule has 0 N–H and O–H groups in total. The van der Waals surface area contributed by atoms with E-state index in [0.717, 1.165) is 24.2 Å². The van der Waals surface area contributed by atoms with Crippen LogP contribution in [0.4, 0.5) is 5.69 Å². The molecular weight excluding hydrogens is 354 g/mol. The molecule has 1 spiro atoms. The van der Waals surface area contributed by atoms with E-state index >= 15 is 0 Å². The molecule has 4 rings (SSSR count). The van der Waals surface area contributed by atoms with Crippen LogP contribution in [0.2, 0.25) is 0 Å². The topological polar surface area (TPSA) is 62.7 Å². The van der Waals surface area contributed by atoms with Gasteiger partial charge in [-0.1, -0.05) is 18.2 Å². The Balaban J connectivity index is 1.59. The third kappa shape index (κ3) is 3.52. The second-order valence-electron chi connectivity index (χ2n) is 7.51. The standard InChI is InChI=1S/C22H25N3O3/c1-17-9-10-18(15-23-17)20(26)24-13-14-28-22(16-24)11-5-6-12-25(21(22)27)19-7-3-2-4-8-19/h2-4,7-10,15H,5-6,11-14,16H2,1H3. The van der Waals surface area contributed by atoms with Gasteiger partial charge in [0.05, 0.1) is 18.7 Å². The highest BCUT2D eigenvalue weighted by molar-refractivity contribution is 6.01. The highest BCUT2D eigenvalue weighted by Gasteiger charge is 2.48. The molecule has 2 aliphatic rings. The first kappa shape index (κ1) is 18.6. The van der Waals surface area contributed by atoms with Crippen LogP contribution in [-0.4, -0.2) is 53.5 Å². The first-order chi connectivity index (χ1) is 13.6. The van der Waals surface area contributed by atoms with E-state index in [-0.39, 0.29) is 18.4 Å². The number of amides is 2. The van der Waals surface area contributed by atoms with Crippen molar-refractivity contribution >= 4 is 17.5 Å². The van der Waals surface area contributed by atoms with E-state index in [0.29, 0.717) is 31.7 Å². The summed E-state index contributed by atoms with van der Waals surface area (Å²) in [5, 5.41) is 0. The number of carbonyl (C=O) groups is 2. The summed E-state index contributed by atoms with van der Waals surface area (Å²) >= 11 is 0. The maximum atomic E-state index is 13.5. The van der Waals surface area contributed by atoms with Gasteiger partial charge in [0.2, 0.25) is 0 Å². The smallest absolute Gasteiger partial charge is 0.261 e. The maximum Gasteiger partial charge on any atom is 0.261 e. The number of nitrogens with zero attached hydrogens (tertiary/aromatic N) is 3. The van der Waals surface area contributed by atoms with Crippen molar-refractivity contribution in [2.24, 2.45) is 0 Å². The number of aromatic nitrogens is 1. The van der Waals surface area contributed by atoms with E-state index in [1.54, 1.807) is 17.2 Å². The number of anilines is 1. The van der Waals surface area contributed by atoms with E-state index in [9.17, 15) is 9.59 Å². The van der Waals surface area contributed by atoms with E-state index in [4.69, 9.17) is 4.74 Å². The van der Waals surface area contributed by atoms with Gasteiger partial charge in [0.1, 0.15) is 0 Å². The quantitative estimate of drug-likeness (QED) is 0.805. The molecule has 2 saturated heterocycles. The third-order valence-corrected chi connectivity index (χ3v) is 5.55. The number of para-hydroxylation sites is 1. The van der Waals surface area contributed by atoms with Crippen LogP contribution in [-0.2, 0) is 9.53 Å². The number of morpholine rings is 1. The van der Waals surface area contributed by atoms with Gasteiger partial charge in [0.25, 0.3) is 11.8 Å². The van der Waals surface area contributed by atoms with Crippen LogP contribution < -0.4 is 4.90 Å². The van der Waals surface area contributed by atoms with Crippen molar-refractivity contribution in [3.05, 3.63) is 59.9 Å². The van der Waals surface area contributed by atoms with Gasteiger partial charge in [0, 0.05) is 30.7 Å². The van der Waals surface area contributed by atoms with E-state index in [2.05, 4.69) is 4.98 Å². The Morgan fingerprint density at radius 3 is 2.68 bits per heavy atom. The normalized spacial score (nSPS) is 23.0. The number of hydrogen-bond donors (Lipinski definition) is 0. The molecule has 1 unspecified atom stereocenters. The van der Waals surface area contributed by atoms with Crippen LogP contribution in [0.25, 0.3) is 0 Å². The monoisotopic (exact) mass is 379 g/mol. The van der Waals surface area contributed by atoms with Crippen molar-refractivity contribution in [3.63, 3.8) is 0 Å². The van der Waals surface area contributed by atoms with Crippen molar-refractivity contribution < 1.29 is 14.3 Å². The van der Waals surface area contributed by atoms with Gasteiger partial charge in [0.15, 0.2) is 5.60 Å². The summed E-state index contributed by atoms with van der Waals surface area (Å²) in [5.41, 5.74) is 1.32. The third-order valence-electron chi connectivity index (χ3n) is 5.55. The molecule has 0 saturated carbocycles. The van der Waals surface area contributed by atoms with Crippen LogP contribution >= 0.6 is 0 Å². The van der Waals surface area contributed by atoms with Crippen LogP contribution in [0, 0.1) is 6.92 Å². The molecule has 0 aliphatic carbocycles. The highest BCUT2D eigenvalue weighted by Crippen LogP contribution is 2.32. The molecule has 1 aromatic carbocycles. The first-order valence-electron chi connectivity index (χ1n) is 9.82. The lowest BCUT2D eigenvalue weighted by molar-refractivity contribution is -0.155. The maximum absolute atomic E-state index is 13.5. The average Bonchev–Trinajstić information content (AvgIpc) is 2.88. The fraction of sp³-hybridized carbons (Fsp3) is 0.409. The van der Waals surface area contributed by atoms with Gasteiger partial charge in [-0.25, -0.2) is 0 Å². The van der Waals surface area contributed by atoms with Crippen molar-refractivity contribution in [1.82, 2.24) is 9.88 Å². The minimum atomic E-state index is -0.974. The fourth-order valence-electron chi connectivity index (χ4n) is 4.00. The van der Waals surface area contributed by atoms with Gasteiger partial charge in [-0.3, -0.25) is 14.6 Å². The van der Waals surface area contributed by atoms with Gasteiger partial charge in [-0.05, 0) is 50.5 Å². The molecule has 2 amide bonds. The summed E-state index contributed by atoms with van der Waals surface area (Å²) in [6.07, 6.45) is 4.04. The number of pyridine rings is 1. The Labute approximate surface area is 165 Å². The number of hydrogen-bond acceptors (Lipinski definition) is 4. The van der Waals surface area contributed by atoms with Gasteiger partial charge in [-0.15, -0.1) is 0 Å². The second kappa shape index (κ2) is 7.72. The minimum Gasteiger partial charge on any atom is -0.361 e. The summed E-state index contributed by atoms with van der Waals surface area (Å²) in [5.74, 6) is -0.144. The zero-order chi connectivity index (χ0) is 19.6. The Morgan fingerprint density at radius 1 is 1.11 bits per heavy atom. The Bertz CT molecular complexity index is 853. The van der Waals surface area contributed by atoms with Crippen LogP contribution in [0.3, 0.4) is 0 Å². The fourth-order valence-corrected chi connectivity index (χ4v) is 4.00. The Kier molecular flexibility index (Phi) is 5.13. The molecule has 6 heteroatoms. The van der Waals surface area contributed by atoms with E-state index < -0.39 is 5.60 Å². The zero-order valence-corrected chi connectivity index (χ0v) is 16.1. The molecule has 6 nitrogen and oxygen atoms in total. The summed E-state index contributed by atoms with van der Waals surface area (Å²) < 4.78 is 6.09. The number of carbonyl (C=O) groups excluding carboxylic acids is 2. The molecule has 0 radical (unpaired) electrons. The Hall–Kier alpha value is -2.73. The Morgan fingerprint density at radius 2 is 1.93 bits per heavy atom. The lowest BCUT2D eigenvalue weighted by Crippen LogP contribution is -2.61. The van der Waals surface area contributed by atoms with Crippen LogP contribution in [0.15, 0.2) is 48.7 Å². The van der Waals surface area contributed by atoms with Crippen molar-refractivity contribution in [3.8, 4) is 0 Å². The van der Waals surface area contributed by atoms with E-state index in [1.165, 1.54) is 0 Å². The molecule has 1 atom stereocenters. The molecule has 28 heavy (non-hydrogen) atoms. The molecule has 146 valence electrons. The van der Waals surface area contributed by atoms with Crippen LogP contribution in [0.1, 0.15) is 35.3 Å². The number of aryl methyl sites for hydroxylation is 1. The lowest BCUT2D eigenvalue weighted by atomic mass is 9.93. The summed E-state index contributed by atoms with van der Waals surface area (Å²) in [7, 11) is 0. The van der Waals surface area contributed by atoms with Crippen molar-refractivity contribution in [1.29, 1.82) is 0 Å².